The predicted molar refractivity (Wildman–Crippen MR) is 119 cm³/mol. The van der Waals surface area contributed by atoms with Crippen LogP contribution in [0.25, 0.3) is 0 Å². The molecule has 0 bridgehead atoms. The summed E-state index contributed by atoms with van der Waals surface area (Å²) in [6.45, 7) is 11.7. The standard InChI is InChI=1S/C27H44O2/c1-17(2)6-11-25(29)18(3)22-9-10-23-21-8-7-19-16-20(28)12-14-26(19,4)24(21)13-15-27(22,23)5/h7,17-18,20-24,28H,6,8-16H2,1-5H3/t18-,20-,21-,22+,23-,24-,26-,27+/m0/s1. The molecule has 29 heavy (non-hydrogen) atoms. The summed E-state index contributed by atoms with van der Waals surface area (Å²) in [6, 6.07) is 0. The fraction of sp³-hybridized carbons (Fsp3) is 0.889. The molecule has 4 aliphatic rings. The maximum absolute atomic E-state index is 13.0. The highest BCUT2D eigenvalue weighted by molar-refractivity contribution is 5.81. The maximum atomic E-state index is 13.0. The summed E-state index contributed by atoms with van der Waals surface area (Å²) < 4.78 is 0. The molecule has 1 N–H and O–H groups in total. The summed E-state index contributed by atoms with van der Waals surface area (Å²) >= 11 is 0. The second-order valence-corrected chi connectivity index (χ2v) is 12.1. The van der Waals surface area contributed by atoms with Crippen LogP contribution in [0.3, 0.4) is 0 Å². The molecule has 0 amide bonds. The fourth-order valence-corrected chi connectivity index (χ4v) is 8.39. The number of aliphatic hydroxyl groups excluding tert-OH is 1. The summed E-state index contributed by atoms with van der Waals surface area (Å²) in [6.07, 6.45) is 13.7. The number of hydrogen-bond donors (Lipinski definition) is 1. The molecule has 164 valence electrons. The summed E-state index contributed by atoms with van der Waals surface area (Å²) in [5.41, 5.74) is 2.23. The van der Waals surface area contributed by atoms with Crippen LogP contribution >= 0.6 is 0 Å². The Labute approximate surface area is 178 Å². The zero-order chi connectivity index (χ0) is 21.0. The van der Waals surface area contributed by atoms with Gasteiger partial charge in [-0.3, -0.25) is 4.79 Å². The molecule has 0 aromatic heterocycles. The van der Waals surface area contributed by atoms with Crippen LogP contribution in [0.5, 0.6) is 0 Å². The molecule has 0 unspecified atom stereocenters. The van der Waals surface area contributed by atoms with Crippen molar-refractivity contribution in [2.24, 2.45) is 46.3 Å². The molecule has 0 aromatic carbocycles. The van der Waals surface area contributed by atoms with Gasteiger partial charge in [0.15, 0.2) is 0 Å². The van der Waals surface area contributed by atoms with Gasteiger partial charge in [0, 0.05) is 12.3 Å². The molecule has 4 aliphatic carbocycles. The van der Waals surface area contributed by atoms with Crippen LogP contribution in [0.15, 0.2) is 11.6 Å². The first kappa shape index (κ1) is 21.6. The van der Waals surface area contributed by atoms with Crippen molar-refractivity contribution >= 4 is 5.78 Å². The van der Waals surface area contributed by atoms with Gasteiger partial charge in [0.25, 0.3) is 0 Å². The highest BCUT2D eigenvalue weighted by atomic mass is 16.3. The smallest absolute Gasteiger partial charge is 0.136 e. The van der Waals surface area contributed by atoms with Gasteiger partial charge in [0.05, 0.1) is 6.10 Å². The van der Waals surface area contributed by atoms with Crippen LogP contribution in [0.1, 0.15) is 98.8 Å². The van der Waals surface area contributed by atoms with Crippen molar-refractivity contribution in [3.63, 3.8) is 0 Å². The molecule has 0 heterocycles. The van der Waals surface area contributed by atoms with Gasteiger partial charge in [0.1, 0.15) is 5.78 Å². The summed E-state index contributed by atoms with van der Waals surface area (Å²) in [5, 5.41) is 10.2. The second kappa shape index (κ2) is 7.81. The van der Waals surface area contributed by atoms with E-state index < -0.39 is 0 Å². The molecule has 3 fully saturated rings. The van der Waals surface area contributed by atoms with E-state index in [1.807, 2.05) is 0 Å². The van der Waals surface area contributed by atoms with E-state index in [1.165, 1.54) is 32.1 Å². The Morgan fingerprint density at radius 1 is 1.10 bits per heavy atom. The Morgan fingerprint density at radius 2 is 1.86 bits per heavy atom. The number of ketones is 1. The number of hydrogen-bond acceptors (Lipinski definition) is 2. The van der Waals surface area contributed by atoms with E-state index in [0.29, 0.717) is 28.4 Å². The van der Waals surface area contributed by atoms with Crippen LogP contribution in [-0.4, -0.2) is 17.0 Å². The fourth-order valence-electron chi connectivity index (χ4n) is 8.39. The van der Waals surface area contributed by atoms with Gasteiger partial charge in [-0.2, -0.15) is 0 Å². The number of rotatable bonds is 5. The highest BCUT2D eigenvalue weighted by Crippen LogP contribution is 2.67. The third kappa shape index (κ3) is 3.56. The first-order valence-electron chi connectivity index (χ1n) is 12.6. The van der Waals surface area contributed by atoms with E-state index in [0.717, 1.165) is 49.9 Å². The lowest BCUT2D eigenvalue weighted by atomic mass is 9.47. The number of aliphatic hydroxyl groups is 1. The van der Waals surface area contributed by atoms with Crippen LogP contribution in [0.4, 0.5) is 0 Å². The van der Waals surface area contributed by atoms with Gasteiger partial charge < -0.3 is 5.11 Å². The summed E-state index contributed by atoms with van der Waals surface area (Å²) in [4.78, 5) is 13.0. The van der Waals surface area contributed by atoms with Gasteiger partial charge in [0.2, 0.25) is 0 Å². The minimum Gasteiger partial charge on any atom is -0.393 e. The summed E-state index contributed by atoms with van der Waals surface area (Å²) in [5.74, 6) is 4.32. The predicted octanol–water partition coefficient (Wildman–Crippen LogP) is 6.57. The minimum absolute atomic E-state index is 0.117. The first-order valence-corrected chi connectivity index (χ1v) is 12.6. The van der Waals surface area contributed by atoms with Gasteiger partial charge in [-0.1, -0.05) is 46.3 Å². The number of Topliss-reactive ketones (excluding diaryl/α,β-unsaturated/α-hetero) is 1. The number of carbonyl (C=O) groups excluding carboxylic acids is 1. The Kier molecular flexibility index (Phi) is 5.82. The Morgan fingerprint density at radius 3 is 2.59 bits per heavy atom. The van der Waals surface area contributed by atoms with Crippen molar-refractivity contribution in [1.82, 2.24) is 0 Å². The Balaban J connectivity index is 1.52. The lowest BCUT2D eigenvalue weighted by Crippen LogP contribution is -2.51. The van der Waals surface area contributed by atoms with Crippen LogP contribution in [0.2, 0.25) is 0 Å². The molecule has 0 aliphatic heterocycles. The molecule has 3 saturated carbocycles. The Hall–Kier alpha value is -0.630. The number of carbonyl (C=O) groups is 1. The van der Waals surface area contributed by atoms with Crippen LogP contribution in [-0.2, 0) is 4.79 Å². The van der Waals surface area contributed by atoms with E-state index in [-0.39, 0.29) is 12.0 Å². The first-order chi connectivity index (χ1) is 13.7. The van der Waals surface area contributed by atoms with Crippen molar-refractivity contribution in [3.8, 4) is 0 Å². The van der Waals surface area contributed by atoms with E-state index in [1.54, 1.807) is 5.57 Å². The van der Waals surface area contributed by atoms with E-state index in [9.17, 15) is 9.90 Å². The molecule has 0 saturated heterocycles. The topological polar surface area (TPSA) is 37.3 Å². The molecular weight excluding hydrogens is 356 g/mol. The lowest BCUT2D eigenvalue weighted by Gasteiger charge is -2.58. The van der Waals surface area contributed by atoms with Crippen molar-refractivity contribution < 1.29 is 9.90 Å². The molecule has 0 aromatic rings. The van der Waals surface area contributed by atoms with E-state index in [4.69, 9.17) is 0 Å². The molecule has 2 heteroatoms. The van der Waals surface area contributed by atoms with Gasteiger partial charge >= 0.3 is 0 Å². The number of allylic oxidation sites excluding steroid dienone is 1. The van der Waals surface area contributed by atoms with Crippen molar-refractivity contribution in [3.05, 3.63) is 11.6 Å². The quantitative estimate of drug-likeness (QED) is 0.530. The lowest BCUT2D eigenvalue weighted by molar-refractivity contribution is -0.127. The van der Waals surface area contributed by atoms with Gasteiger partial charge in [-0.15, -0.1) is 0 Å². The average Bonchev–Trinajstić information content (AvgIpc) is 3.03. The minimum atomic E-state index is -0.117. The molecule has 2 nitrogen and oxygen atoms in total. The number of fused-ring (bicyclic) bond motifs is 5. The van der Waals surface area contributed by atoms with Gasteiger partial charge in [-0.05, 0) is 98.2 Å². The largest absolute Gasteiger partial charge is 0.393 e. The summed E-state index contributed by atoms with van der Waals surface area (Å²) in [7, 11) is 0. The van der Waals surface area contributed by atoms with E-state index in [2.05, 4.69) is 40.7 Å². The SMILES string of the molecule is CC(C)CCC(=O)[C@@H](C)[C@H]1CC[C@H]2[C@@H]3CC=C4C[C@@H](O)CC[C@]4(C)[C@H]3CC[C@]12C. The van der Waals surface area contributed by atoms with Crippen molar-refractivity contribution in [2.45, 2.75) is 105 Å². The van der Waals surface area contributed by atoms with Crippen LogP contribution < -0.4 is 0 Å². The zero-order valence-electron chi connectivity index (χ0n) is 19.5. The monoisotopic (exact) mass is 400 g/mol. The van der Waals surface area contributed by atoms with Gasteiger partial charge in [-0.25, -0.2) is 0 Å². The third-order valence-electron chi connectivity index (χ3n) is 10.2. The second-order valence-electron chi connectivity index (χ2n) is 12.1. The molecule has 4 rings (SSSR count). The highest BCUT2D eigenvalue weighted by Gasteiger charge is 2.59. The van der Waals surface area contributed by atoms with Crippen molar-refractivity contribution in [1.29, 1.82) is 0 Å². The molecule has 0 spiro atoms. The molecule has 8 atom stereocenters. The zero-order valence-corrected chi connectivity index (χ0v) is 19.5. The maximum Gasteiger partial charge on any atom is 0.136 e. The average molecular weight is 401 g/mol. The normalized spacial score (nSPS) is 45.2. The van der Waals surface area contributed by atoms with Crippen LogP contribution in [0, 0.1) is 46.3 Å². The van der Waals surface area contributed by atoms with E-state index >= 15 is 0 Å². The molecular formula is C27H44O2. The van der Waals surface area contributed by atoms with Crippen molar-refractivity contribution in [2.75, 3.05) is 0 Å². The third-order valence-corrected chi connectivity index (χ3v) is 10.2. The Bertz CT molecular complexity index is 663. The molecule has 0 radical (unpaired) electrons.